The number of rotatable bonds is 6. The molecule has 1 aromatic rings. The lowest BCUT2D eigenvalue weighted by atomic mass is 10.0. The van der Waals surface area contributed by atoms with Crippen LogP contribution in [-0.2, 0) is 0 Å². The molecule has 1 aromatic heterocycles. The van der Waals surface area contributed by atoms with Gasteiger partial charge in [0.15, 0.2) is 0 Å². The molecule has 7 nitrogen and oxygen atoms in total. The fourth-order valence-corrected chi connectivity index (χ4v) is 2.87. The topological polar surface area (TPSA) is 93.0 Å². The Bertz CT molecular complexity index is 552. The summed E-state index contributed by atoms with van der Waals surface area (Å²) in [5.74, 6) is 1.55. The zero-order chi connectivity index (χ0) is 14.3. The summed E-state index contributed by atoms with van der Waals surface area (Å²) in [6, 6.07) is 0. The third kappa shape index (κ3) is 2.28. The van der Waals surface area contributed by atoms with Gasteiger partial charge in [-0.15, -0.1) is 0 Å². The number of aryl methyl sites for hydroxylation is 1. The molecule has 2 fully saturated rings. The minimum absolute atomic E-state index is 0.0180. The molecule has 20 heavy (non-hydrogen) atoms. The van der Waals surface area contributed by atoms with Crippen LogP contribution in [0.1, 0.15) is 31.4 Å². The van der Waals surface area contributed by atoms with Gasteiger partial charge in [0.25, 0.3) is 0 Å². The number of nitrogens with one attached hydrogen (secondary N) is 2. The van der Waals surface area contributed by atoms with Crippen molar-refractivity contribution >= 4 is 17.5 Å². The second-order valence-corrected chi connectivity index (χ2v) is 5.83. The van der Waals surface area contributed by atoms with Gasteiger partial charge in [-0.1, -0.05) is 0 Å². The van der Waals surface area contributed by atoms with Crippen LogP contribution in [0.2, 0.25) is 0 Å². The van der Waals surface area contributed by atoms with E-state index in [1.54, 1.807) is 14.0 Å². The van der Waals surface area contributed by atoms with Gasteiger partial charge in [-0.2, -0.15) is 4.98 Å². The molecule has 1 heterocycles. The summed E-state index contributed by atoms with van der Waals surface area (Å²) in [5.41, 5.74) is 0.732. The maximum atomic E-state index is 11.2. The second-order valence-electron chi connectivity index (χ2n) is 5.83. The van der Waals surface area contributed by atoms with Gasteiger partial charge in [0.05, 0.1) is 4.92 Å². The summed E-state index contributed by atoms with van der Waals surface area (Å²) >= 11 is 0. The van der Waals surface area contributed by atoms with Crippen molar-refractivity contribution in [2.24, 2.45) is 11.3 Å². The van der Waals surface area contributed by atoms with Gasteiger partial charge < -0.3 is 10.6 Å². The lowest BCUT2D eigenvalue weighted by molar-refractivity contribution is -0.385. The zero-order valence-electron chi connectivity index (χ0n) is 11.8. The molecule has 0 aromatic carbocycles. The van der Waals surface area contributed by atoms with Crippen LogP contribution in [0.25, 0.3) is 0 Å². The summed E-state index contributed by atoms with van der Waals surface area (Å²) in [6.45, 7) is 2.41. The van der Waals surface area contributed by atoms with Crippen LogP contribution >= 0.6 is 0 Å². The predicted octanol–water partition coefficient (Wildman–Crippen LogP) is 2.34. The molecule has 0 atom stereocenters. The van der Waals surface area contributed by atoms with Gasteiger partial charge in [0.1, 0.15) is 5.69 Å². The van der Waals surface area contributed by atoms with Crippen LogP contribution in [-0.4, -0.2) is 28.5 Å². The molecule has 7 heteroatoms. The van der Waals surface area contributed by atoms with E-state index in [0.29, 0.717) is 22.9 Å². The van der Waals surface area contributed by atoms with Crippen molar-refractivity contribution < 1.29 is 4.92 Å². The van der Waals surface area contributed by atoms with E-state index in [1.807, 2.05) is 0 Å². The Morgan fingerprint density at radius 1 is 1.40 bits per heavy atom. The highest BCUT2D eigenvalue weighted by molar-refractivity contribution is 5.61. The van der Waals surface area contributed by atoms with E-state index in [2.05, 4.69) is 20.6 Å². The van der Waals surface area contributed by atoms with Gasteiger partial charge in [0.2, 0.25) is 11.8 Å². The Kier molecular flexibility index (Phi) is 2.99. The van der Waals surface area contributed by atoms with Gasteiger partial charge in [0, 0.05) is 13.6 Å². The maximum absolute atomic E-state index is 11.2. The monoisotopic (exact) mass is 277 g/mol. The van der Waals surface area contributed by atoms with E-state index in [1.165, 1.54) is 25.7 Å². The lowest BCUT2D eigenvalue weighted by Crippen LogP contribution is -2.19. The molecule has 2 aliphatic carbocycles. The van der Waals surface area contributed by atoms with Crippen LogP contribution < -0.4 is 10.6 Å². The minimum Gasteiger partial charge on any atom is -0.364 e. The molecule has 3 rings (SSSR count). The van der Waals surface area contributed by atoms with Crippen molar-refractivity contribution in [1.29, 1.82) is 0 Å². The lowest BCUT2D eigenvalue weighted by Gasteiger charge is -2.16. The highest BCUT2D eigenvalue weighted by Crippen LogP contribution is 2.61. The average molecular weight is 277 g/mol. The van der Waals surface area contributed by atoms with Gasteiger partial charge in [-0.25, -0.2) is 4.98 Å². The second kappa shape index (κ2) is 4.57. The largest absolute Gasteiger partial charge is 0.364 e. The Labute approximate surface area is 117 Å². The molecular weight excluding hydrogens is 258 g/mol. The quantitative estimate of drug-likeness (QED) is 0.612. The van der Waals surface area contributed by atoms with Crippen molar-refractivity contribution in [3.8, 4) is 0 Å². The van der Waals surface area contributed by atoms with Crippen molar-refractivity contribution in [3.05, 3.63) is 15.8 Å². The smallest absolute Gasteiger partial charge is 0.332 e. The van der Waals surface area contributed by atoms with Gasteiger partial charge in [-0.05, 0) is 43.9 Å². The first-order chi connectivity index (χ1) is 9.55. The van der Waals surface area contributed by atoms with Gasteiger partial charge >= 0.3 is 5.69 Å². The van der Waals surface area contributed by atoms with Crippen LogP contribution in [0, 0.1) is 28.4 Å². The minimum atomic E-state index is -0.409. The van der Waals surface area contributed by atoms with Crippen molar-refractivity contribution in [1.82, 2.24) is 9.97 Å². The fraction of sp³-hybridized carbons (Fsp3) is 0.692. The van der Waals surface area contributed by atoms with E-state index < -0.39 is 4.92 Å². The number of aromatic nitrogens is 2. The molecular formula is C13H19N5O2. The van der Waals surface area contributed by atoms with E-state index in [-0.39, 0.29) is 5.69 Å². The van der Waals surface area contributed by atoms with Crippen molar-refractivity contribution in [2.75, 3.05) is 24.2 Å². The first-order valence-corrected chi connectivity index (χ1v) is 7.00. The molecule has 2 aliphatic rings. The molecule has 0 aliphatic heterocycles. The van der Waals surface area contributed by atoms with E-state index >= 15 is 0 Å². The number of hydrogen-bond acceptors (Lipinski definition) is 6. The van der Waals surface area contributed by atoms with Crippen molar-refractivity contribution in [3.63, 3.8) is 0 Å². The van der Waals surface area contributed by atoms with E-state index in [4.69, 9.17) is 0 Å². The summed E-state index contributed by atoms with van der Waals surface area (Å²) in [6.07, 6.45) is 5.05. The zero-order valence-corrected chi connectivity index (χ0v) is 11.8. The summed E-state index contributed by atoms with van der Waals surface area (Å²) in [4.78, 5) is 19.1. The number of nitrogens with zero attached hydrogens (tertiary/aromatic N) is 3. The standard InChI is InChI=1S/C13H19N5O2/c1-8-10(18(19)20)11(17-12(14-2)16-8)15-7-13(5-6-13)9-3-4-9/h9H,3-7H2,1-2H3,(H2,14,15,16,17). The number of hydrogen-bond donors (Lipinski definition) is 2. The molecule has 0 saturated heterocycles. The van der Waals surface area contributed by atoms with Crippen LogP contribution in [0.5, 0.6) is 0 Å². The average Bonchev–Trinajstić information content (AvgIpc) is 3.26. The highest BCUT2D eigenvalue weighted by Gasteiger charge is 2.53. The molecule has 0 radical (unpaired) electrons. The summed E-state index contributed by atoms with van der Waals surface area (Å²) in [5, 5.41) is 17.2. The SMILES string of the molecule is CNc1nc(C)c([N+](=O)[O-])c(NCC2(C3CC3)CC2)n1. The fourth-order valence-electron chi connectivity index (χ4n) is 2.87. The summed E-state index contributed by atoms with van der Waals surface area (Å²) in [7, 11) is 1.71. The Balaban J connectivity index is 1.83. The molecule has 2 N–H and O–H groups in total. The molecule has 0 bridgehead atoms. The third-order valence-corrected chi connectivity index (χ3v) is 4.41. The molecule has 2 saturated carbocycles. The van der Waals surface area contributed by atoms with Crippen molar-refractivity contribution in [2.45, 2.75) is 32.6 Å². The van der Waals surface area contributed by atoms with E-state index in [0.717, 1.165) is 12.5 Å². The van der Waals surface area contributed by atoms with Crippen LogP contribution in [0.4, 0.5) is 17.5 Å². The van der Waals surface area contributed by atoms with Crippen LogP contribution in [0.3, 0.4) is 0 Å². The third-order valence-electron chi connectivity index (χ3n) is 4.41. The van der Waals surface area contributed by atoms with Crippen LogP contribution in [0.15, 0.2) is 0 Å². The highest BCUT2D eigenvalue weighted by atomic mass is 16.6. The van der Waals surface area contributed by atoms with E-state index in [9.17, 15) is 10.1 Å². The first kappa shape index (κ1) is 13.1. The predicted molar refractivity (Wildman–Crippen MR) is 75.9 cm³/mol. The molecule has 0 spiro atoms. The Hall–Kier alpha value is -1.92. The van der Waals surface area contributed by atoms with Gasteiger partial charge in [-0.3, -0.25) is 10.1 Å². The summed E-state index contributed by atoms with van der Waals surface area (Å²) < 4.78 is 0. The Morgan fingerprint density at radius 2 is 2.10 bits per heavy atom. The normalized spacial score (nSPS) is 19.5. The Morgan fingerprint density at radius 3 is 2.60 bits per heavy atom. The molecule has 0 unspecified atom stereocenters. The number of nitro groups is 1. The molecule has 0 amide bonds. The number of anilines is 2. The molecule has 108 valence electrons. The maximum Gasteiger partial charge on any atom is 0.332 e. The first-order valence-electron chi connectivity index (χ1n) is 7.00.